The summed E-state index contributed by atoms with van der Waals surface area (Å²) in [5.41, 5.74) is 0. The van der Waals surface area contributed by atoms with Crippen LogP contribution in [0.25, 0.3) is 0 Å². The monoisotopic (exact) mass is 306 g/mol. The van der Waals surface area contributed by atoms with E-state index < -0.39 is 0 Å². The van der Waals surface area contributed by atoms with Crippen molar-refractivity contribution in [3.05, 3.63) is 24.2 Å². The fraction of sp³-hybridized carbons (Fsp3) is 0.706. The van der Waals surface area contributed by atoms with Crippen LogP contribution in [-0.2, 0) is 6.42 Å². The smallest absolute Gasteiger partial charge is 0.190 e. The van der Waals surface area contributed by atoms with Crippen LogP contribution in [0.3, 0.4) is 0 Å². The van der Waals surface area contributed by atoms with Gasteiger partial charge in [-0.3, -0.25) is 4.99 Å². The highest BCUT2D eigenvalue weighted by Gasteiger charge is 2.08. The summed E-state index contributed by atoms with van der Waals surface area (Å²) in [5, 5.41) is 6.71. The van der Waals surface area contributed by atoms with Crippen LogP contribution in [0.1, 0.15) is 37.9 Å². The summed E-state index contributed by atoms with van der Waals surface area (Å²) < 4.78 is 5.32. The Balaban J connectivity index is 1.54. The molecule has 5 heteroatoms. The lowest BCUT2D eigenvalue weighted by Crippen LogP contribution is -2.39. The number of aliphatic imine (C=N–C) groups is 1. The van der Waals surface area contributed by atoms with Crippen LogP contribution in [0, 0.1) is 0 Å². The first-order valence-electron chi connectivity index (χ1n) is 8.58. The molecule has 1 fully saturated rings. The molecule has 1 aliphatic rings. The first-order chi connectivity index (χ1) is 10.9. The molecule has 1 aliphatic heterocycles. The molecule has 0 amide bonds. The Labute approximate surface area is 134 Å². The van der Waals surface area contributed by atoms with Gasteiger partial charge in [-0.05, 0) is 51.0 Å². The molecule has 5 nitrogen and oxygen atoms in total. The summed E-state index contributed by atoms with van der Waals surface area (Å²) in [5.74, 6) is 1.88. The van der Waals surface area contributed by atoms with Crippen molar-refractivity contribution in [1.29, 1.82) is 0 Å². The quantitative estimate of drug-likeness (QED) is 0.461. The van der Waals surface area contributed by atoms with Crippen LogP contribution in [-0.4, -0.2) is 50.6 Å². The van der Waals surface area contributed by atoms with E-state index in [2.05, 4.69) is 20.5 Å². The highest BCUT2D eigenvalue weighted by Crippen LogP contribution is 2.09. The van der Waals surface area contributed by atoms with E-state index in [1.807, 2.05) is 19.2 Å². The number of rotatable bonds is 7. The SMILES string of the molecule is CN=C(NCCCN1CCCCCC1)NCCc1ccco1. The highest BCUT2D eigenvalue weighted by atomic mass is 16.3. The summed E-state index contributed by atoms with van der Waals surface area (Å²) in [4.78, 5) is 6.86. The zero-order chi connectivity index (χ0) is 15.5. The number of nitrogens with zero attached hydrogens (tertiary/aromatic N) is 2. The molecular formula is C17H30N4O. The van der Waals surface area contributed by atoms with Gasteiger partial charge in [-0.15, -0.1) is 0 Å². The molecule has 2 rings (SSSR count). The number of hydrogen-bond donors (Lipinski definition) is 2. The predicted molar refractivity (Wildman–Crippen MR) is 91.3 cm³/mol. The molecule has 0 aliphatic carbocycles. The van der Waals surface area contributed by atoms with E-state index >= 15 is 0 Å². The largest absolute Gasteiger partial charge is 0.469 e. The van der Waals surface area contributed by atoms with Crippen molar-refractivity contribution in [2.75, 3.05) is 39.8 Å². The van der Waals surface area contributed by atoms with Gasteiger partial charge in [0.05, 0.1) is 6.26 Å². The second-order valence-corrected chi connectivity index (χ2v) is 5.86. The Morgan fingerprint density at radius 1 is 1.18 bits per heavy atom. The molecule has 0 unspecified atom stereocenters. The summed E-state index contributed by atoms with van der Waals surface area (Å²) in [7, 11) is 1.82. The first-order valence-corrected chi connectivity index (χ1v) is 8.58. The van der Waals surface area contributed by atoms with Crippen molar-refractivity contribution in [3.8, 4) is 0 Å². The van der Waals surface area contributed by atoms with Gasteiger partial charge in [0.15, 0.2) is 5.96 Å². The minimum atomic E-state index is 0.833. The Morgan fingerprint density at radius 3 is 2.64 bits per heavy atom. The van der Waals surface area contributed by atoms with Crippen molar-refractivity contribution < 1.29 is 4.42 Å². The standard InChI is InChI=1S/C17H30N4O/c1-18-17(20-11-9-16-8-6-15-22-16)19-10-7-14-21-12-4-2-3-5-13-21/h6,8,15H,2-5,7,9-14H2,1H3,(H2,18,19,20). The summed E-state index contributed by atoms with van der Waals surface area (Å²) >= 11 is 0. The van der Waals surface area contributed by atoms with Gasteiger partial charge >= 0.3 is 0 Å². The Hall–Kier alpha value is -1.49. The number of guanidine groups is 1. The van der Waals surface area contributed by atoms with Crippen LogP contribution in [0.15, 0.2) is 27.8 Å². The molecule has 2 N–H and O–H groups in total. The molecule has 0 saturated carbocycles. The molecule has 0 atom stereocenters. The van der Waals surface area contributed by atoms with Crippen molar-refractivity contribution in [1.82, 2.24) is 15.5 Å². The van der Waals surface area contributed by atoms with Gasteiger partial charge in [-0.1, -0.05) is 12.8 Å². The zero-order valence-corrected chi connectivity index (χ0v) is 13.8. The van der Waals surface area contributed by atoms with Gasteiger partial charge in [0, 0.05) is 26.6 Å². The van der Waals surface area contributed by atoms with Crippen LogP contribution in [0.4, 0.5) is 0 Å². The van der Waals surface area contributed by atoms with Crippen molar-refractivity contribution >= 4 is 5.96 Å². The molecule has 0 spiro atoms. The van der Waals surface area contributed by atoms with Crippen LogP contribution in [0.2, 0.25) is 0 Å². The second kappa shape index (κ2) is 10.3. The molecule has 1 aromatic rings. The Kier molecular flexibility index (Phi) is 7.88. The number of hydrogen-bond acceptors (Lipinski definition) is 3. The molecule has 0 radical (unpaired) electrons. The predicted octanol–water partition coefficient (Wildman–Crippen LogP) is 2.25. The van der Waals surface area contributed by atoms with Gasteiger partial charge in [-0.25, -0.2) is 0 Å². The van der Waals surface area contributed by atoms with Crippen LogP contribution in [0.5, 0.6) is 0 Å². The third kappa shape index (κ3) is 6.52. The van der Waals surface area contributed by atoms with Gasteiger partial charge in [-0.2, -0.15) is 0 Å². The van der Waals surface area contributed by atoms with E-state index in [4.69, 9.17) is 4.42 Å². The van der Waals surface area contributed by atoms with Crippen molar-refractivity contribution in [2.24, 2.45) is 4.99 Å². The molecule has 124 valence electrons. The van der Waals surface area contributed by atoms with E-state index in [1.54, 1.807) is 6.26 Å². The average molecular weight is 306 g/mol. The van der Waals surface area contributed by atoms with E-state index in [-0.39, 0.29) is 0 Å². The molecular weight excluding hydrogens is 276 g/mol. The Morgan fingerprint density at radius 2 is 1.95 bits per heavy atom. The summed E-state index contributed by atoms with van der Waals surface area (Å²) in [6, 6.07) is 3.92. The summed E-state index contributed by atoms with van der Waals surface area (Å²) in [6.45, 7) is 5.54. The molecule has 1 aromatic heterocycles. The number of furan rings is 1. The van der Waals surface area contributed by atoms with E-state index in [0.29, 0.717) is 0 Å². The fourth-order valence-electron chi connectivity index (χ4n) is 2.85. The molecule has 0 bridgehead atoms. The minimum absolute atomic E-state index is 0.833. The highest BCUT2D eigenvalue weighted by molar-refractivity contribution is 5.79. The molecule has 2 heterocycles. The molecule has 1 saturated heterocycles. The lowest BCUT2D eigenvalue weighted by Gasteiger charge is -2.20. The van der Waals surface area contributed by atoms with E-state index in [0.717, 1.165) is 31.2 Å². The first kappa shape index (κ1) is 16.9. The average Bonchev–Trinajstić information content (AvgIpc) is 2.92. The Bertz CT molecular complexity index is 408. The van der Waals surface area contributed by atoms with E-state index in [1.165, 1.54) is 51.7 Å². The van der Waals surface area contributed by atoms with Gasteiger partial charge < -0.3 is 20.0 Å². The maximum absolute atomic E-state index is 5.32. The maximum Gasteiger partial charge on any atom is 0.190 e. The van der Waals surface area contributed by atoms with Crippen molar-refractivity contribution in [2.45, 2.75) is 38.5 Å². The van der Waals surface area contributed by atoms with Gasteiger partial charge in [0.2, 0.25) is 0 Å². The lowest BCUT2D eigenvalue weighted by atomic mass is 10.2. The third-order valence-corrected chi connectivity index (χ3v) is 4.11. The maximum atomic E-state index is 5.32. The van der Waals surface area contributed by atoms with Crippen LogP contribution < -0.4 is 10.6 Å². The topological polar surface area (TPSA) is 52.8 Å². The fourth-order valence-corrected chi connectivity index (χ4v) is 2.85. The van der Waals surface area contributed by atoms with Crippen LogP contribution >= 0.6 is 0 Å². The second-order valence-electron chi connectivity index (χ2n) is 5.86. The summed E-state index contributed by atoms with van der Waals surface area (Å²) in [6.07, 6.45) is 9.29. The lowest BCUT2D eigenvalue weighted by molar-refractivity contribution is 0.282. The normalized spacial score (nSPS) is 17.2. The van der Waals surface area contributed by atoms with Gasteiger partial charge in [0.25, 0.3) is 0 Å². The van der Waals surface area contributed by atoms with Crippen molar-refractivity contribution in [3.63, 3.8) is 0 Å². The minimum Gasteiger partial charge on any atom is -0.469 e. The number of likely N-dealkylation sites (tertiary alicyclic amines) is 1. The van der Waals surface area contributed by atoms with Gasteiger partial charge in [0.1, 0.15) is 5.76 Å². The zero-order valence-electron chi connectivity index (χ0n) is 13.8. The molecule has 0 aromatic carbocycles. The number of nitrogens with one attached hydrogen (secondary N) is 2. The third-order valence-electron chi connectivity index (χ3n) is 4.11. The molecule has 22 heavy (non-hydrogen) atoms. The van der Waals surface area contributed by atoms with E-state index in [9.17, 15) is 0 Å².